The molecule has 1 unspecified atom stereocenters. The Bertz CT molecular complexity index is 1250. The van der Waals surface area contributed by atoms with E-state index in [1.807, 2.05) is 0 Å². The van der Waals surface area contributed by atoms with Crippen molar-refractivity contribution in [2.45, 2.75) is 341 Å². The van der Waals surface area contributed by atoms with Crippen molar-refractivity contribution >= 4 is 17.9 Å². The van der Waals surface area contributed by atoms with Crippen LogP contribution in [0.1, 0.15) is 335 Å². The number of allylic oxidation sites excluding steroid dienone is 8. The highest BCUT2D eigenvalue weighted by molar-refractivity contribution is 5.71. The molecule has 0 aliphatic rings. The summed E-state index contributed by atoms with van der Waals surface area (Å²) >= 11 is 0. The van der Waals surface area contributed by atoms with E-state index >= 15 is 0 Å². The van der Waals surface area contributed by atoms with Crippen LogP contribution in [0, 0.1) is 0 Å². The molecule has 1 atom stereocenters. The predicted molar refractivity (Wildman–Crippen MR) is 312 cm³/mol. The van der Waals surface area contributed by atoms with Crippen molar-refractivity contribution in [2.24, 2.45) is 0 Å². The zero-order valence-electron chi connectivity index (χ0n) is 48.2. The molecule has 6 nitrogen and oxygen atoms in total. The fraction of sp³-hybridized carbons (Fsp3) is 0.833. The molecular formula is C66H120O6. The Labute approximate surface area is 448 Å². The fourth-order valence-electron chi connectivity index (χ4n) is 9.34. The van der Waals surface area contributed by atoms with Crippen molar-refractivity contribution in [1.29, 1.82) is 0 Å². The van der Waals surface area contributed by atoms with Crippen molar-refractivity contribution in [2.75, 3.05) is 13.2 Å². The number of hydrogen-bond donors (Lipinski definition) is 0. The van der Waals surface area contributed by atoms with Crippen LogP contribution in [-0.4, -0.2) is 37.2 Å². The maximum Gasteiger partial charge on any atom is 0.306 e. The summed E-state index contributed by atoms with van der Waals surface area (Å²) in [5.74, 6) is -0.874. The number of hydrogen-bond acceptors (Lipinski definition) is 6. The molecule has 0 aromatic rings. The lowest BCUT2D eigenvalue weighted by atomic mass is 10.0. The molecule has 0 aliphatic carbocycles. The van der Waals surface area contributed by atoms with Gasteiger partial charge in [-0.1, -0.05) is 288 Å². The van der Waals surface area contributed by atoms with Gasteiger partial charge in [-0.25, -0.2) is 0 Å². The summed E-state index contributed by atoms with van der Waals surface area (Å²) in [5.41, 5.74) is 0. The van der Waals surface area contributed by atoms with E-state index in [1.54, 1.807) is 0 Å². The topological polar surface area (TPSA) is 78.9 Å². The summed E-state index contributed by atoms with van der Waals surface area (Å²) in [4.78, 5) is 38.3. The molecule has 0 heterocycles. The zero-order chi connectivity index (χ0) is 52.2. The maximum atomic E-state index is 12.9. The smallest absolute Gasteiger partial charge is 0.306 e. The zero-order valence-corrected chi connectivity index (χ0v) is 48.2. The first-order valence-electron chi connectivity index (χ1n) is 31.6. The molecule has 0 saturated carbocycles. The van der Waals surface area contributed by atoms with Crippen molar-refractivity contribution in [1.82, 2.24) is 0 Å². The lowest BCUT2D eigenvalue weighted by Crippen LogP contribution is -2.30. The molecule has 0 aromatic carbocycles. The quantitative estimate of drug-likeness (QED) is 0.0261. The standard InChI is InChI=1S/C66H120O6/c1-4-7-10-13-16-19-22-25-28-31-32-33-34-36-38-41-44-47-50-53-56-59-65(68)71-62-63(61-70-64(67)58-55-52-49-46-43-40-37-30-27-24-21-18-15-12-9-6-3)72-66(69)60-57-54-51-48-45-42-39-35-29-26-23-20-17-14-11-8-5-2/h8,11,17,20,26,29-30,37,63H,4-7,9-10,12-16,18-19,21-25,27-28,31-36,38-62H2,1-3H3/b11-8-,20-17-,29-26-,37-30-. The SMILES string of the molecule is CC/C=C\C/C=C\C/C=C\CCCCCCCCCC(=O)OC(COC(=O)CCCCCCC/C=C\CCCCCCCCC)COC(=O)CCCCCCCCCCCCCCCCCCCCCCC. The summed E-state index contributed by atoms with van der Waals surface area (Å²) in [6.45, 7) is 6.57. The second-order valence-electron chi connectivity index (χ2n) is 21.3. The van der Waals surface area contributed by atoms with Gasteiger partial charge in [-0.05, 0) is 77.0 Å². The van der Waals surface area contributed by atoms with Gasteiger partial charge in [-0.15, -0.1) is 0 Å². The van der Waals surface area contributed by atoms with Gasteiger partial charge in [0.15, 0.2) is 6.10 Å². The first-order valence-corrected chi connectivity index (χ1v) is 31.6. The minimum absolute atomic E-state index is 0.0763. The van der Waals surface area contributed by atoms with Gasteiger partial charge in [0.25, 0.3) is 0 Å². The van der Waals surface area contributed by atoms with Gasteiger partial charge >= 0.3 is 17.9 Å². The first-order chi connectivity index (χ1) is 35.5. The predicted octanol–water partition coefficient (Wildman–Crippen LogP) is 21.4. The van der Waals surface area contributed by atoms with Crippen LogP contribution >= 0.6 is 0 Å². The molecular weight excluding hydrogens is 889 g/mol. The fourth-order valence-corrected chi connectivity index (χ4v) is 9.34. The van der Waals surface area contributed by atoms with Crippen LogP contribution in [0.25, 0.3) is 0 Å². The third-order valence-electron chi connectivity index (χ3n) is 14.1. The number of unbranched alkanes of at least 4 members (excludes halogenated alkanes) is 39. The second kappa shape index (κ2) is 60.9. The largest absolute Gasteiger partial charge is 0.462 e. The second-order valence-corrected chi connectivity index (χ2v) is 21.3. The van der Waals surface area contributed by atoms with Crippen molar-refractivity contribution in [3.05, 3.63) is 48.6 Å². The highest BCUT2D eigenvalue weighted by Gasteiger charge is 2.19. The molecule has 0 aromatic heterocycles. The Balaban J connectivity index is 4.33. The van der Waals surface area contributed by atoms with Crippen LogP contribution in [0.5, 0.6) is 0 Å². The molecule has 72 heavy (non-hydrogen) atoms. The van der Waals surface area contributed by atoms with Crippen LogP contribution in [0.4, 0.5) is 0 Å². The maximum absolute atomic E-state index is 12.9. The van der Waals surface area contributed by atoms with Gasteiger partial charge in [0.2, 0.25) is 0 Å². The van der Waals surface area contributed by atoms with Gasteiger partial charge in [0, 0.05) is 19.3 Å². The third-order valence-corrected chi connectivity index (χ3v) is 14.1. The Morgan fingerprint density at radius 2 is 0.542 bits per heavy atom. The minimum Gasteiger partial charge on any atom is -0.462 e. The summed E-state index contributed by atoms with van der Waals surface area (Å²) in [7, 11) is 0. The number of ether oxygens (including phenoxy) is 3. The minimum atomic E-state index is -0.781. The lowest BCUT2D eigenvalue weighted by Gasteiger charge is -2.18. The van der Waals surface area contributed by atoms with E-state index in [1.165, 1.54) is 205 Å². The van der Waals surface area contributed by atoms with Gasteiger partial charge in [0.05, 0.1) is 0 Å². The van der Waals surface area contributed by atoms with E-state index in [9.17, 15) is 14.4 Å². The van der Waals surface area contributed by atoms with E-state index in [-0.39, 0.29) is 31.1 Å². The Morgan fingerprint density at radius 3 is 0.861 bits per heavy atom. The van der Waals surface area contributed by atoms with E-state index in [0.29, 0.717) is 19.3 Å². The van der Waals surface area contributed by atoms with Crippen LogP contribution in [0.2, 0.25) is 0 Å². The van der Waals surface area contributed by atoms with Crippen LogP contribution in [0.15, 0.2) is 48.6 Å². The van der Waals surface area contributed by atoms with Crippen molar-refractivity contribution < 1.29 is 28.6 Å². The molecule has 0 radical (unpaired) electrons. The summed E-state index contributed by atoms with van der Waals surface area (Å²) in [6.07, 6.45) is 75.4. The third kappa shape index (κ3) is 58.3. The molecule has 0 saturated heterocycles. The molecule has 0 amide bonds. The molecule has 0 spiro atoms. The van der Waals surface area contributed by atoms with E-state index < -0.39 is 6.10 Å². The molecule has 0 rings (SSSR count). The molecule has 0 N–H and O–H groups in total. The Hall–Kier alpha value is -2.63. The van der Waals surface area contributed by atoms with E-state index in [0.717, 1.165) is 89.9 Å². The van der Waals surface area contributed by atoms with Crippen molar-refractivity contribution in [3.63, 3.8) is 0 Å². The summed E-state index contributed by atoms with van der Waals surface area (Å²) in [5, 5.41) is 0. The van der Waals surface area contributed by atoms with E-state index in [2.05, 4.69) is 69.4 Å². The Kier molecular flexibility index (Phi) is 58.7. The first kappa shape index (κ1) is 69.4. The van der Waals surface area contributed by atoms with Gasteiger partial charge in [-0.3, -0.25) is 14.4 Å². The summed E-state index contributed by atoms with van der Waals surface area (Å²) < 4.78 is 16.9. The highest BCUT2D eigenvalue weighted by atomic mass is 16.6. The monoisotopic (exact) mass is 1010 g/mol. The number of esters is 3. The van der Waals surface area contributed by atoms with Gasteiger partial charge in [0.1, 0.15) is 13.2 Å². The Morgan fingerprint density at radius 1 is 0.292 bits per heavy atom. The number of carbonyl (C=O) groups excluding carboxylic acids is 3. The van der Waals surface area contributed by atoms with Gasteiger partial charge < -0.3 is 14.2 Å². The van der Waals surface area contributed by atoms with Gasteiger partial charge in [-0.2, -0.15) is 0 Å². The van der Waals surface area contributed by atoms with E-state index in [4.69, 9.17) is 14.2 Å². The van der Waals surface area contributed by atoms with Crippen LogP contribution < -0.4 is 0 Å². The number of rotatable bonds is 58. The van der Waals surface area contributed by atoms with Crippen LogP contribution in [-0.2, 0) is 28.6 Å². The highest BCUT2D eigenvalue weighted by Crippen LogP contribution is 2.17. The average molecular weight is 1010 g/mol. The van der Waals surface area contributed by atoms with Crippen molar-refractivity contribution in [3.8, 4) is 0 Å². The number of carbonyl (C=O) groups is 3. The molecule has 420 valence electrons. The average Bonchev–Trinajstić information content (AvgIpc) is 3.38. The lowest BCUT2D eigenvalue weighted by molar-refractivity contribution is -0.167. The molecule has 0 fully saturated rings. The molecule has 6 heteroatoms. The summed E-state index contributed by atoms with van der Waals surface area (Å²) in [6, 6.07) is 0. The van der Waals surface area contributed by atoms with Crippen LogP contribution in [0.3, 0.4) is 0 Å². The normalized spacial score (nSPS) is 12.3. The molecule has 0 aliphatic heterocycles. The molecule has 0 bridgehead atoms.